The van der Waals surface area contributed by atoms with Crippen LogP contribution < -0.4 is 0 Å². The minimum absolute atomic E-state index is 0.747. The van der Waals surface area contributed by atoms with Gasteiger partial charge in [0.1, 0.15) is 0 Å². The molecule has 0 aromatic heterocycles. The van der Waals surface area contributed by atoms with Crippen LogP contribution in [0.4, 0.5) is 0 Å². The maximum atomic E-state index is 10.9. The van der Waals surface area contributed by atoms with Gasteiger partial charge in [-0.3, -0.25) is 4.79 Å². The highest BCUT2D eigenvalue weighted by Gasteiger charge is 2.03. The van der Waals surface area contributed by atoms with Crippen LogP contribution in [0.2, 0.25) is 0 Å². The predicted octanol–water partition coefficient (Wildman–Crippen LogP) is 4.27. The van der Waals surface area contributed by atoms with E-state index in [0.29, 0.717) is 0 Å². The quantitative estimate of drug-likeness (QED) is 0.748. The molecule has 0 aliphatic rings. The molecule has 0 aliphatic carbocycles. The number of rotatable bonds is 3. The van der Waals surface area contributed by atoms with E-state index in [1.54, 1.807) is 11.8 Å². The number of carbonyl (C=O) groups is 1. The molecular weight excluding hydrogens is 228 g/mol. The topological polar surface area (TPSA) is 17.1 Å². The van der Waals surface area contributed by atoms with Gasteiger partial charge in [-0.25, -0.2) is 0 Å². The molecule has 17 heavy (non-hydrogen) atoms. The summed E-state index contributed by atoms with van der Waals surface area (Å²) >= 11 is 1.64. The van der Waals surface area contributed by atoms with Crippen molar-refractivity contribution in [2.75, 3.05) is 0 Å². The Morgan fingerprint density at radius 2 is 1.65 bits per heavy atom. The lowest BCUT2D eigenvalue weighted by molar-refractivity contribution is 0.112. The van der Waals surface area contributed by atoms with E-state index in [0.717, 1.165) is 16.7 Å². The largest absolute Gasteiger partial charge is 0.298 e. The van der Waals surface area contributed by atoms with Gasteiger partial charge in [-0.2, -0.15) is 0 Å². The van der Waals surface area contributed by atoms with Gasteiger partial charge < -0.3 is 0 Å². The number of hydrogen-bond acceptors (Lipinski definition) is 2. The number of benzene rings is 2. The summed E-state index contributed by atoms with van der Waals surface area (Å²) in [5.74, 6) is 0. The lowest BCUT2D eigenvalue weighted by Crippen LogP contribution is -1.85. The van der Waals surface area contributed by atoms with Gasteiger partial charge in [-0.05, 0) is 43.2 Å². The van der Waals surface area contributed by atoms with Gasteiger partial charge in [0.15, 0.2) is 6.29 Å². The summed E-state index contributed by atoms with van der Waals surface area (Å²) in [6.45, 7) is 4.17. The van der Waals surface area contributed by atoms with Gasteiger partial charge in [0.25, 0.3) is 0 Å². The van der Waals surface area contributed by atoms with Crippen molar-refractivity contribution >= 4 is 18.0 Å². The molecule has 0 saturated heterocycles. The van der Waals surface area contributed by atoms with Crippen molar-refractivity contribution in [1.29, 1.82) is 0 Å². The molecule has 2 heteroatoms. The van der Waals surface area contributed by atoms with Gasteiger partial charge >= 0.3 is 0 Å². The maximum Gasteiger partial charge on any atom is 0.151 e. The molecular formula is C15H14OS. The monoisotopic (exact) mass is 242 g/mol. The van der Waals surface area contributed by atoms with Crippen molar-refractivity contribution in [1.82, 2.24) is 0 Å². The highest BCUT2D eigenvalue weighted by atomic mass is 32.2. The average molecular weight is 242 g/mol. The van der Waals surface area contributed by atoms with E-state index < -0.39 is 0 Å². The number of hydrogen-bond donors (Lipinski definition) is 0. The fraction of sp³-hybridized carbons (Fsp3) is 0.133. The van der Waals surface area contributed by atoms with Crippen LogP contribution in [0.1, 0.15) is 21.5 Å². The Bertz CT molecular complexity index is 526. The summed E-state index contributed by atoms with van der Waals surface area (Å²) < 4.78 is 0. The smallest absolute Gasteiger partial charge is 0.151 e. The predicted molar refractivity (Wildman–Crippen MR) is 71.9 cm³/mol. The Hall–Kier alpha value is -1.54. The zero-order valence-electron chi connectivity index (χ0n) is 9.94. The van der Waals surface area contributed by atoms with Crippen molar-refractivity contribution in [3.63, 3.8) is 0 Å². The van der Waals surface area contributed by atoms with Crippen LogP contribution >= 0.6 is 11.8 Å². The van der Waals surface area contributed by atoms with Crippen LogP contribution in [0.15, 0.2) is 52.3 Å². The van der Waals surface area contributed by atoms with E-state index >= 15 is 0 Å². The van der Waals surface area contributed by atoms with Crippen molar-refractivity contribution in [3.05, 3.63) is 59.2 Å². The molecule has 0 spiro atoms. The standard InChI is InChI=1S/C15H14OS/c1-11-7-12(2)9-14(8-11)17-15-6-4-3-5-13(15)10-16/h3-10H,1-2H3. The number of carbonyl (C=O) groups excluding carboxylic acids is 1. The number of aldehydes is 1. The Labute approximate surface area is 106 Å². The fourth-order valence-corrected chi connectivity index (χ4v) is 2.91. The lowest BCUT2D eigenvalue weighted by atomic mass is 10.2. The zero-order chi connectivity index (χ0) is 12.3. The second-order valence-electron chi connectivity index (χ2n) is 4.08. The molecule has 0 fully saturated rings. The van der Waals surface area contributed by atoms with Crippen LogP contribution in [-0.2, 0) is 0 Å². The molecule has 86 valence electrons. The van der Waals surface area contributed by atoms with E-state index in [2.05, 4.69) is 32.0 Å². The first kappa shape index (κ1) is 11.9. The second-order valence-corrected chi connectivity index (χ2v) is 5.20. The summed E-state index contributed by atoms with van der Waals surface area (Å²) in [6.07, 6.45) is 0.908. The molecule has 0 heterocycles. The van der Waals surface area contributed by atoms with Crippen LogP contribution in [0, 0.1) is 13.8 Å². The maximum absolute atomic E-state index is 10.9. The summed E-state index contributed by atoms with van der Waals surface area (Å²) in [6, 6.07) is 14.1. The van der Waals surface area contributed by atoms with E-state index in [-0.39, 0.29) is 0 Å². The van der Waals surface area contributed by atoms with Crippen molar-refractivity contribution in [2.45, 2.75) is 23.6 Å². The van der Waals surface area contributed by atoms with Crippen LogP contribution in [0.5, 0.6) is 0 Å². The fourth-order valence-electron chi connectivity index (χ4n) is 1.79. The summed E-state index contributed by atoms with van der Waals surface area (Å²) in [5, 5.41) is 0. The van der Waals surface area contributed by atoms with E-state index in [1.165, 1.54) is 16.0 Å². The third-order valence-electron chi connectivity index (χ3n) is 2.47. The first-order valence-corrected chi connectivity index (χ1v) is 6.31. The minimum atomic E-state index is 0.747. The summed E-state index contributed by atoms with van der Waals surface area (Å²) in [7, 11) is 0. The number of aryl methyl sites for hydroxylation is 2. The highest BCUT2D eigenvalue weighted by molar-refractivity contribution is 7.99. The van der Waals surface area contributed by atoms with Gasteiger partial charge in [-0.15, -0.1) is 0 Å². The summed E-state index contributed by atoms with van der Waals surface area (Å²) in [4.78, 5) is 13.1. The Kier molecular flexibility index (Phi) is 3.64. The molecule has 2 aromatic carbocycles. The molecule has 0 aliphatic heterocycles. The molecule has 0 radical (unpaired) electrons. The molecule has 0 amide bonds. The van der Waals surface area contributed by atoms with E-state index in [9.17, 15) is 4.79 Å². The highest BCUT2D eigenvalue weighted by Crippen LogP contribution is 2.30. The van der Waals surface area contributed by atoms with Crippen molar-refractivity contribution in [2.24, 2.45) is 0 Å². The normalized spacial score (nSPS) is 10.2. The lowest BCUT2D eigenvalue weighted by Gasteiger charge is -2.06. The van der Waals surface area contributed by atoms with Gasteiger partial charge in [0, 0.05) is 15.4 Å². The molecule has 1 nitrogen and oxygen atoms in total. The zero-order valence-corrected chi connectivity index (χ0v) is 10.8. The van der Waals surface area contributed by atoms with E-state index in [4.69, 9.17) is 0 Å². The molecule has 0 unspecified atom stereocenters. The SMILES string of the molecule is Cc1cc(C)cc(Sc2ccccc2C=O)c1. The third kappa shape index (κ3) is 2.98. The Morgan fingerprint density at radius 1 is 1.00 bits per heavy atom. The van der Waals surface area contributed by atoms with Crippen LogP contribution in [0.25, 0.3) is 0 Å². The summed E-state index contributed by atoms with van der Waals surface area (Å²) in [5.41, 5.74) is 3.24. The molecule has 0 N–H and O–H groups in total. The van der Waals surface area contributed by atoms with Crippen LogP contribution in [-0.4, -0.2) is 6.29 Å². The van der Waals surface area contributed by atoms with Crippen molar-refractivity contribution in [3.8, 4) is 0 Å². The first-order valence-electron chi connectivity index (χ1n) is 5.49. The molecule has 0 bridgehead atoms. The van der Waals surface area contributed by atoms with Gasteiger partial charge in [-0.1, -0.05) is 36.0 Å². The van der Waals surface area contributed by atoms with Gasteiger partial charge in [0.2, 0.25) is 0 Å². The van der Waals surface area contributed by atoms with Crippen LogP contribution in [0.3, 0.4) is 0 Å². The average Bonchev–Trinajstić information content (AvgIpc) is 2.28. The van der Waals surface area contributed by atoms with E-state index in [1.807, 2.05) is 24.3 Å². The Morgan fingerprint density at radius 3 is 2.29 bits per heavy atom. The Balaban J connectivity index is 2.34. The van der Waals surface area contributed by atoms with Gasteiger partial charge in [0.05, 0.1) is 0 Å². The first-order chi connectivity index (χ1) is 8.19. The van der Waals surface area contributed by atoms with Crippen molar-refractivity contribution < 1.29 is 4.79 Å². The molecule has 2 aromatic rings. The molecule has 0 saturated carbocycles. The second kappa shape index (κ2) is 5.19. The molecule has 2 rings (SSSR count). The minimum Gasteiger partial charge on any atom is -0.298 e. The third-order valence-corrected chi connectivity index (χ3v) is 3.53. The molecule has 0 atom stereocenters.